The number of fused-ring (bicyclic) bond motifs is 1. The van der Waals surface area contributed by atoms with Gasteiger partial charge in [-0.2, -0.15) is 0 Å². The van der Waals surface area contributed by atoms with E-state index in [2.05, 4.69) is 65.4 Å². The van der Waals surface area contributed by atoms with Crippen LogP contribution in [0.5, 0.6) is 0 Å². The molecule has 0 bridgehead atoms. The van der Waals surface area contributed by atoms with Crippen LogP contribution in [-0.4, -0.2) is 7.05 Å². The SMILES string of the molecule is CNC(c1ccc(C)c(C)c1)c1cc2cccc(Br)c2o1. The number of nitrogens with one attached hydrogen (secondary N) is 1. The minimum absolute atomic E-state index is 0.0589. The van der Waals surface area contributed by atoms with E-state index in [1.165, 1.54) is 16.7 Å². The molecule has 0 fully saturated rings. The average molecular weight is 344 g/mol. The minimum atomic E-state index is 0.0589. The summed E-state index contributed by atoms with van der Waals surface area (Å²) in [6.07, 6.45) is 0. The predicted molar refractivity (Wildman–Crippen MR) is 90.7 cm³/mol. The van der Waals surface area contributed by atoms with Crippen LogP contribution in [-0.2, 0) is 0 Å². The van der Waals surface area contributed by atoms with Crippen molar-refractivity contribution in [1.29, 1.82) is 0 Å². The van der Waals surface area contributed by atoms with Crippen LogP contribution in [0.2, 0.25) is 0 Å². The standard InChI is InChI=1S/C18H18BrNO/c1-11-7-8-13(9-12(11)2)17(20-3)16-10-14-5-4-6-15(19)18(14)21-16/h4-10,17,20H,1-3H3. The maximum absolute atomic E-state index is 6.07. The number of rotatable bonds is 3. The van der Waals surface area contributed by atoms with Crippen molar-refractivity contribution >= 4 is 26.9 Å². The number of aryl methyl sites for hydroxylation is 2. The highest BCUT2D eigenvalue weighted by atomic mass is 79.9. The molecule has 0 aliphatic carbocycles. The van der Waals surface area contributed by atoms with Crippen LogP contribution < -0.4 is 5.32 Å². The normalized spacial score (nSPS) is 12.8. The van der Waals surface area contributed by atoms with E-state index in [1.807, 2.05) is 19.2 Å². The van der Waals surface area contributed by atoms with Gasteiger partial charge in [-0.1, -0.05) is 30.3 Å². The van der Waals surface area contributed by atoms with Gasteiger partial charge in [-0.05, 0) is 65.6 Å². The third-order valence-electron chi connectivity index (χ3n) is 3.95. The second-order valence-corrected chi connectivity index (χ2v) is 6.23. The van der Waals surface area contributed by atoms with Crippen LogP contribution in [0.25, 0.3) is 11.0 Å². The van der Waals surface area contributed by atoms with E-state index in [1.54, 1.807) is 0 Å². The van der Waals surface area contributed by atoms with Crippen molar-refractivity contribution in [2.75, 3.05) is 7.05 Å². The molecule has 0 radical (unpaired) electrons. The summed E-state index contributed by atoms with van der Waals surface area (Å²) in [7, 11) is 1.96. The van der Waals surface area contributed by atoms with Crippen molar-refractivity contribution in [3.05, 3.63) is 69.4 Å². The molecule has 3 aromatic rings. The molecular weight excluding hydrogens is 326 g/mol. The van der Waals surface area contributed by atoms with Gasteiger partial charge in [0.1, 0.15) is 11.3 Å². The lowest BCUT2D eigenvalue weighted by Gasteiger charge is -2.15. The highest BCUT2D eigenvalue weighted by molar-refractivity contribution is 9.10. The third-order valence-corrected chi connectivity index (χ3v) is 4.58. The van der Waals surface area contributed by atoms with Gasteiger partial charge in [0.05, 0.1) is 10.5 Å². The van der Waals surface area contributed by atoms with Crippen LogP contribution >= 0.6 is 15.9 Å². The molecule has 1 heterocycles. The Bertz CT molecular complexity index is 791. The summed E-state index contributed by atoms with van der Waals surface area (Å²) in [4.78, 5) is 0. The van der Waals surface area contributed by atoms with Crippen molar-refractivity contribution in [3.8, 4) is 0 Å². The Kier molecular flexibility index (Phi) is 3.87. The molecule has 1 atom stereocenters. The van der Waals surface area contributed by atoms with E-state index in [-0.39, 0.29) is 6.04 Å². The molecule has 1 unspecified atom stereocenters. The summed E-state index contributed by atoms with van der Waals surface area (Å²) in [5.41, 5.74) is 4.72. The predicted octanol–water partition coefficient (Wildman–Crippen LogP) is 5.12. The molecule has 2 nitrogen and oxygen atoms in total. The number of para-hydroxylation sites is 1. The van der Waals surface area contributed by atoms with E-state index in [0.717, 1.165) is 21.2 Å². The van der Waals surface area contributed by atoms with Crippen molar-refractivity contribution in [3.63, 3.8) is 0 Å². The first-order chi connectivity index (χ1) is 10.1. The largest absolute Gasteiger partial charge is 0.458 e. The Balaban J connectivity index is 2.09. The zero-order chi connectivity index (χ0) is 15.0. The van der Waals surface area contributed by atoms with Crippen LogP contribution in [0.4, 0.5) is 0 Å². The smallest absolute Gasteiger partial charge is 0.148 e. The van der Waals surface area contributed by atoms with Gasteiger partial charge in [0.2, 0.25) is 0 Å². The van der Waals surface area contributed by atoms with E-state index >= 15 is 0 Å². The van der Waals surface area contributed by atoms with Gasteiger partial charge in [0.25, 0.3) is 0 Å². The molecule has 0 aliphatic rings. The zero-order valence-electron chi connectivity index (χ0n) is 12.4. The topological polar surface area (TPSA) is 25.2 Å². The Morgan fingerprint density at radius 3 is 2.52 bits per heavy atom. The Hall–Kier alpha value is -1.58. The molecule has 0 amide bonds. The first-order valence-electron chi connectivity index (χ1n) is 7.02. The highest BCUT2D eigenvalue weighted by Crippen LogP contribution is 2.32. The van der Waals surface area contributed by atoms with Gasteiger partial charge in [-0.25, -0.2) is 0 Å². The molecule has 21 heavy (non-hydrogen) atoms. The van der Waals surface area contributed by atoms with Crippen LogP contribution in [0, 0.1) is 13.8 Å². The lowest BCUT2D eigenvalue weighted by atomic mass is 9.99. The Morgan fingerprint density at radius 1 is 1.05 bits per heavy atom. The van der Waals surface area contributed by atoms with Gasteiger partial charge < -0.3 is 9.73 Å². The van der Waals surface area contributed by atoms with E-state index in [0.29, 0.717) is 0 Å². The molecule has 108 valence electrons. The van der Waals surface area contributed by atoms with Gasteiger partial charge in [-0.3, -0.25) is 0 Å². The molecule has 0 saturated carbocycles. The molecule has 1 aromatic heterocycles. The van der Waals surface area contributed by atoms with Crippen LogP contribution in [0.3, 0.4) is 0 Å². The first kappa shape index (κ1) is 14.4. The second kappa shape index (κ2) is 5.66. The fraction of sp³-hybridized carbons (Fsp3) is 0.222. The van der Waals surface area contributed by atoms with Crippen LogP contribution in [0.15, 0.2) is 51.4 Å². The number of hydrogen-bond donors (Lipinski definition) is 1. The summed E-state index contributed by atoms with van der Waals surface area (Å²) in [6.45, 7) is 4.27. The second-order valence-electron chi connectivity index (χ2n) is 5.37. The summed E-state index contributed by atoms with van der Waals surface area (Å²) in [5.74, 6) is 0.933. The van der Waals surface area contributed by atoms with Crippen molar-refractivity contribution in [1.82, 2.24) is 5.32 Å². The maximum atomic E-state index is 6.07. The van der Waals surface area contributed by atoms with Crippen LogP contribution in [0.1, 0.15) is 28.5 Å². The third kappa shape index (κ3) is 2.63. The van der Waals surface area contributed by atoms with Crippen molar-refractivity contribution < 1.29 is 4.42 Å². The lowest BCUT2D eigenvalue weighted by molar-refractivity contribution is 0.490. The zero-order valence-corrected chi connectivity index (χ0v) is 14.0. The fourth-order valence-corrected chi connectivity index (χ4v) is 3.07. The highest BCUT2D eigenvalue weighted by Gasteiger charge is 2.18. The number of hydrogen-bond acceptors (Lipinski definition) is 2. The number of furan rings is 1. The van der Waals surface area contributed by atoms with Gasteiger partial charge in [0, 0.05) is 5.39 Å². The number of benzene rings is 2. The summed E-state index contributed by atoms with van der Waals surface area (Å²) < 4.78 is 7.05. The molecular formula is C18H18BrNO. The Labute approximate surface area is 133 Å². The molecule has 1 N–H and O–H groups in total. The summed E-state index contributed by atoms with van der Waals surface area (Å²) in [5, 5.41) is 4.47. The quantitative estimate of drug-likeness (QED) is 0.713. The molecule has 0 aliphatic heterocycles. The van der Waals surface area contributed by atoms with Crippen molar-refractivity contribution in [2.24, 2.45) is 0 Å². The summed E-state index contributed by atoms with van der Waals surface area (Å²) in [6, 6.07) is 14.8. The minimum Gasteiger partial charge on any atom is -0.458 e. The van der Waals surface area contributed by atoms with Gasteiger partial charge in [-0.15, -0.1) is 0 Å². The molecule has 2 aromatic carbocycles. The Morgan fingerprint density at radius 2 is 1.86 bits per heavy atom. The molecule has 0 spiro atoms. The van der Waals surface area contributed by atoms with Gasteiger partial charge >= 0.3 is 0 Å². The average Bonchev–Trinajstić information content (AvgIpc) is 2.89. The lowest BCUT2D eigenvalue weighted by Crippen LogP contribution is -2.17. The van der Waals surface area contributed by atoms with Crippen molar-refractivity contribution in [2.45, 2.75) is 19.9 Å². The first-order valence-corrected chi connectivity index (χ1v) is 7.82. The maximum Gasteiger partial charge on any atom is 0.148 e. The number of halogens is 1. The van der Waals surface area contributed by atoms with Gasteiger partial charge in [0.15, 0.2) is 0 Å². The van der Waals surface area contributed by atoms with E-state index in [9.17, 15) is 0 Å². The van der Waals surface area contributed by atoms with E-state index in [4.69, 9.17) is 4.42 Å². The molecule has 0 saturated heterocycles. The molecule has 3 heteroatoms. The van der Waals surface area contributed by atoms with E-state index < -0.39 is 0 Å². The molecule has 3 rings (SSSR count). The monoisotopic (exact) mass is 343 g/mol. The fourth-order valence-electron chi connectivity index (χ4n) is 2.61. The summed E-state index contributed by atoms with van der Waals surface area (Å²) >= 11 is 3.54.